The lowest BCUT2D eigenvalue weighted by molar-refractivity contribution is 0.0946. The Hall–Kier alpha value is -2.97. The molecule has 3 N–H and O–H groups in total. The largest absolute Gasteiger partial charge is 0.494 e. The predicted molar refractivity (Wildman–Crippen MR) is 135 cm³/mol. The Labute approximate surface area is 201 Å². The monoisotopic (exact) mass is 471 g/mol. The van der Waals surface area contributed by atoms with Crippen LogP contribution in [0.1, 0.15) is 59.7 Å². The number of amides is 2. The van der Waals surface area contributed by atoms with Crippen LogP contribution >= 0.6 is 12.2 Å². The van der Waals surface area contributed by atoms with Crippen molar-refractivity contribution in [2.24, 2.45) is 0 Å². The molecule has 2 aromatic carbocycles. The molecule has 7 nitrogen and oxygen atoms in total. The Morgan fingerprint density at radius 2 is 1.70 bits per heavy atom. The highest BCUT2D eigenvalue weighted by Gasteiger charge is 2.10. The molecule has 2 amide bonds. The number of methoxy groups -OCH3 is 1. The number of rotatable bonds is 13. The number of nitrogens with one attached hydrogen (secondary N) is 3. The maximum atomic E-state index is 12.5. The number of thiocarbonyl (C=S) groups is 1. The maximum Gasteiger partial charge on any atom is 0.257 e. The quantitative estimate of drug-likeness (QED) is 0.294. The van der Waals surface area contributed by atoms with Crippen LogP contribution in [0.3, 0.4) is 0 Å². The lowest BCUT2D eigenvalue weighted by atomic mass is 10.2. The third-order valence-electron chi connectivity index (χ3n) is 4.80. The van der Waals surface area contributed by atoms with Gasteiger partial charge < -0.3 is 20.1 Å². The normalized spacial score (nSPS) is 10.4. The summed E-state index contributed by atoms with van der Waals surface area (Å²) in [4.78, 5) is 24.7. The van der Waals surface area contributed by atoms with Crippen molar-refractivity contribution < 1.29 is 19.1 Å². The Kier molecular flexibility index (Phi) is 11.9. The summed E-state index contributed by atoms with van der Waals surface area (Å²) in [6.45, 7) is 3.96. The Morgan fingerprint density at radius 1 is 0.909 bits per heavy atom. The zero-order valence-corrected chi connectivity index (χ0v) is 20.1. The van der Waals surface area contributed by atoms with Crippen molar-refractivity contribution in [1.29, 1.82) is 0 Å². The molecule has 0 atom stereocenters. The average Bonchev–Trinajstić information content (AvgIpc) is 2.82. The molecule has 33 heavy (non-hydrogen) atoms. The number of unbranched alkanes of at least 4 members (excludes halogenated alkanes) is 3. The molecule has 0 saturated heterocycles. The van der Waals surface area contributed by atoms with Gasteiger partial charge in [0.25, 0.3) is 11.8 Å². The van der Waals surface area contributed by atoms with Crippen LogP contribution in [0.15, 0.2) is 48.5 Å². The first-order chi connectivity index (χ1) is 16.0. The summed E-state index contributed by atoms with van der Waals surface area (Å²) in [5.41, 5.74) is 1.58. The highest BCUT2D eigenvalue weighted by atomic mass is 32.1. The van der Waals surface area contributed by atoms with Gasteiger partial charge in [0, 0.05) is 37.1 Å². The molecule has 0 aliphatic rings. The first kappa shape index (κ1) is 26.3. The van der Waals surface area contributed by atoms with Crippen molar-refractivity contribution in [3.8, 4) is 5.75 Å². The van der Waals surface area contributed by atoms with E-state index >= 15 is 0 Å². The molecule has 0 saturated carbocycles. The predicted octanol–water partition coefficient (Wildman–Crippen LogP) is 4.54. The number of hydrogen-bond acceptors (Lipinski definition) is 5. The Bertz CT molecular complexity index is 903. The van der Waals surface area contributed by atoms with Crippen LogP contribution < -0.4 is 20.7 Å². The van der Waals surface area contributed by atoms with Crippen molar-refractivity contribution >= 4 is 34.8 Å². The third-order valence-corrected chi connectivity index (χ3v) is 5.01. The van der Waals surface area contributed by atoms with E-state index < -0.39 is 0 Å². The van der Waals surface area contributed by atoms with Gasteiger partial charge in [0.1, 0.15) is 5.75 Å². The number of carbonyl (C=O) groups is 2. The van der Waals surface area contributed by atoms with E-state index in [0.29, 0.717) is 36.6 Å². The number of benzene rings is 2. The summed E-state index contributed by atoms with van der Waals surface area (Å²) in [5, 5.41) is 8.58. The van der Waals surface area contributed by atoms with Gasteiger partial charge in [0.05, 0.1) is 6.61 Å². The number of carbonyl (C=O) groups excluding carboxylic acids is 2. The van der Waals surface area contributed by atoms with E-state index in [2.05, 4.69) is 22.9 Å². The van der Waals surface area contributed by atoms with Gasteiger partial charge in [0.15, 0.2) is 5.11 Å². The minimum Gasteiger partial charge on any atom is -0.494 e. The molecule has 0 heterocycles. The van der Waals surface area contributed by atoms with Gasteiger partial charge in [-0.25, -0.2) is 0 Å². The molecule has 0 aliphatic carbocycles. The van der Waals surface area contributed by atoms with Gasteiger partial charge in [-0.15, -0.1) is 0 Å². The van der Waals surface area contributed by atoms with E-state index in [9.17, 15) is 9.59 Å². The Morgan fingerprint density at radius 3 is 2.42 bits per heavy atom. The third kappa shape index (κ3) is 10.0. The number of hydrogen-bond donors (Lipinski definition) is 3. The van der Waals surface area contributed by atoms with Gasteiger partial charge in [-0.05, 0) is 67.5 Å². The van der Waals surface area contributed by atoms with Crippen molar-refractivity contribution in [3.05, 3.63) is 59.7 Å². The van der Waals surface area contributed by atoms with Gasteiger partial charge in [-0.1, -0.05) is 32.3 Å². The number of anilines is 1. The first-order valence-corrected chi connectivity index (χ1v) is 11.7. The molecular formula is C25H33N3O4S. The van der Waals surface area contributed by atoms with Crippen molar-refractivity contribution in [2.45, 2.75) is 39.0 Å². The van der Waals surface area contributed by atoms with Crippen LogP contribution in [0.2, 0.25) is 0 Å². The molecular weight excluding hydrogens is 438 g/mol. The summed E-state index contributed by atoms with van der Waals surface area (Å²) in [6.07, 6.45) is 5.32. The molecule has 0 aromatic heterocycles. The standard InChI is InChI=1S/C25H33N3O4S/c1-3-4-5-6-17-32-22-13-11-19(12-14-22)24(30)28-25(33)27-21-10-7-9-20(18-21)23(29)26-15-8-16-31-2/h7,9-14,18H,3-6,8,15-17H2,1-2H3,(H,26,29)(H2,27,28,30,33). The molecule has 0 radical (unpaired) electrons. The van der Waals surface area contributed by atoms with Crippen LogP contribution in [0.25, 0.3) is 0 Å². The smallest absolute Gasteiger partial charge is 0.257 e. The molecule has 0 unspecified atom stereocenters. The first-order valence-electron chi connectivity index (χ1n) is 11.3. The van der Waals surface area contributed by atoms with Crippen LogP contribution in [0.4, 0.5) is 5.69 Å². The van der Waals surface area contributed by atoms with Crippen LogP contribution in [0.5, 0.6) is 5.75 Å². The number of ether oxygens (including phenoxy) is 2. The SMILES string of the molecule is CCCCCCOc1ccc(C(=O)NC(=S)Nc2cccc(C(=O)NCCCOC)c2)cc1. The second-order valence-corrected chi connectivity index (χ2v) is 7.93. The van der Waals surface area contributed by atoms with Crippen molar-refractivity contribution in [1.82, 2.24) is 10.6 Å². The fraction of sp³-hybridized carbons (Fsp3) is 0.400. The summed E-state index contributed by atoms with van der Waals surface area (Å²) < 4.78 is 10.7. The summed E-state index contributed by atoms with van der Waals surface area (Å²) >= 11 is 5.26. The highest BCUT2D eigenvalue weighted by molar-refractivity contribution is 7.80. The van der Waals surface area contributed by atoms with E-state index in [1.165, 1.54) is 12.8 Å². The van der Waals surface area contributed by atoms with Crippen LogP contribution in [-0.2, 0) is 4.74 Å². The van der Waals surface area contributed by atoms with Gasteiger partial charge in [-0.2, -0.15) is 0 Å². The van der Waals surface area contributed by atoms with Gasteiger partial charge in [0.2, 0.25) is 0 Å². The van der Waals surface area contributed by atoms with Crippen molar-refractivity contribution in [3.63, 3.8) is 0 Å². The molecule has 178 valence electrons. The van der Waals surface area contributed by atoms with Crippen LogP contribution in [0, 0.1) is 0 Å². The lowest BCUT2D eigenvalue weighted by Crippen LogP contribution is -2.34. The van der Waals surface area contributed by atoms with Gasteiger partial charge >= 0.3 is 0 Å². The van der Waals surface area contributed by atoms with Crippen LogP contribution in [-0.4, -0.2) is 43.8 Å². The molecule has 8 heteroatoms. The lowest BCUT2D eigenvalue weighted by Gasteiger charge is -2.11. The minimum atomic E-state index is -0.325. The fourth-order valence-electron chi connectivity index (χ4n) is 3.02. The average molecular weight is 472 g/mol. The Balaban J connectivity index is 1.81. The van der Waals surface area contributed by atoms with E-state index in [1.807, 2.05) is 0 Å². The maximum absolute atomic E-state index is 12.5. The molecule has 0 bridgehead atoms. The topological polar surface area (TPSA) is 88.7 Å². The second kappa shape index (κ2) is 15.0. The molecule has 0 fully saturated rings. The zero-order chi connectivity index (χ0) is 23.9. The molecule has 2 rings (SSSR count). The summed E-state index contributed by atoms with van der Waals surface area (Å²) in [6, 6.07) is 13.9. The van der Waals surface area contributed by atoms with Crippen molar-refractivity contribution in [2.75, 3.05) is 32.2 Å². The van der Waals surface area contributed by atoms with E-state index in [4.69, 9.17) is 21.7 Å². The van der Waals surface area contributed by atoms with Gasteiger partial charge in [-0.3, -0.25) is 14.9 Å². The van der Waals surface area contributed by atoms with E-state index in [0.717, 1.165) is 25.0 Å². The van der Waals surface area contributed by atoms with E-state index in [-0.39, 0.29) is 16.9 Å². The molecule has 0 spiro atoms. The highest BCUT2D eigenvalue weighted by Crippen LogP contribution is 2.14. The summed E-state index contributed by atoms with van der Waals surface area (Å²) in [5.74, 6) is 0.229. The zero-order valence-electron chi connectivity index (χ0n) is 19.3. The molecule has 2 aromatic rings. The van der Waals surface area contributed by atoms with E-state index in [1.54, 1.807) is 55.6 Å². The fourth-order valence-corrected chi connectivity index (χ4v) is 3.23. The minimum absolute atomic E-state index is 0.147. The second-order valence-electron chi connectivity index (χ2n) is 7.52. The molecule has 0 aliphatic heterocycles. The summed E-state index contributed by atoms with van der Waals surface area (Å²) in [7, 11) is 1.62.